The van der Waals surface area contributed by atoms with Crippen molar-refractivity contribution in [3.63, 3.8) is 0 Å². The van der Waals surface area contributed by atoms with Gasteiger partial charge in [-0.15, -0.1) is 11.3 Å². The molecule has 33 heavy (non-hydrogen) atoms. The number of furan rings is 1. The summed E-state index contributed by atoms with van der Waals surface area (Å²) in [6.07, 6.45) is 4.78. The lowest BCUT2D eigenvalue weighted by molar-refractivity contribution is -0.147. The molecule has 0 bridgehead atoms. The predicted molar refractivity (Wildman–Crippen MR) is 126 cm³/mol. The van der Waals surface area contributed by atoms with Crippen LogP contribution < -0.4 is 5.56 Å². The number of aliphatic hydroxyl groups is 1. The van der Waals surface area contributed by atoms with Crippen LogP contribution in [0.25, 0.3) is 10.2 Å². The van der Waals surface area contributed by atoms with Crippen LogP contribution >= 0.6 is 11.3 Å². The Morgan fingerprint density at radius 2 is 2.30 bits per heavy atom. The SMILES string of the molecule is CCCC(=O)OC[C@@H](O)CN(Cc1nc2sc3c(c2c(=O)[nH]1)CC[C@@H](C)C3)Cc1ccco1. The number of ether oxygens (including phenoxy) is 1. The van der Waals surface area contributed by atoms with Crippen molar-refractivity contribution in [2.24, 2.45) is 5.92 Å². The number of fused-ring (bicyclic) bond motifs is 3. The zero-order valence-electron chi connectivity index (χ0n) is 19.1. The number of nitrogens with one attached hydrogen (secondary N) is 1. The summed E-state index contributed by atoms with van der Waals surface area (Å²) in [5.74, 6) is 1.58. The third-order valence-corrected chi connectivity index (χ3v) is 7.06. The van der Waals surface area contributed by atoms with Gasteiger partial charge in [0, 0.05) is 17.8 Å². The Balaban J connectivity index is 1.51. The van der Waals surface area contributed by atoms with Gasteiger partial charge in [0.1, 0.15) is 29.1 Å². The lowest BCUT2D eigenvalue weighted by Gasteiger charge is -2.23. The van der Waals surface area contributed by atoms with Crippen LogP contribution in [0.4, 0.5) is 0 Å². The molecular weight excluding hydrogens is 442 g/mol. The monoisotopic (exact) mass is 473 g/mol. The number of aromatic nitrogens is 2. The quantitative estimate of drug-likeness (QED) is 0.434. The molecule has 3 heterocycles. The Labute approximate surface area is 196 Å². The Morgan fingerprint density at radius 1 is 1.45 bits per heavy atom. The van der Waals surface area contributed by atoms with Gasteiger partial charge in [0.05, 0.1) is 24.7 Å². The van der Waals surface area contributed by atoms with Gasteiger partial charge in [0.25, 0.3) is 5.56 Å². The van der Waals surface area contributed by atoms with Gasteiger partial charge in [-0.1, -0.05) is 13.8 Å². The van der Waals surface area contributed by atoms with Crippen LogP contribution in [-0.2, 0) is 35.5 Å². The van der Waals surface area contributed by atoms with E-state index in [0.29, 0.717) is 37.7 Å². The van der Waals surface area contributed by atoms with Crippen molar-refractivity contribution in [3.05, 3.63) is 50.8 Å². The molecule has 1 aliphatic carbocycles. The number of esters is 1. The van der Waals surface area contributed by atoms with Gasteiger partial charge >= 0.3 is 5.97 Å². The first-order valence-electron chi connectivity index (χ1n) is 11.5. The first kappa shape index (κ1) is 23.7. The summed E-state index contributed by atoms with van der Waals surface area (Å²) in [5, 5.41) is 11.2. The highest BCUT2D eigenvalue weighted by molar-refractivity contribution is 7.18. The highest BCUT2D eigenvalue weighted by atomic mass is 32.1. The number of H-pyrrole nitrogens is 1. The molecule has 3 aromatic heterocycles. The van der Waals surface area contributed by atoms with E-state index in [-0.39, 0.29) is 24.7 Å². The van der Waals surface area contributed by atoms with E-state index in [9.17, 15) is 14.7 Å². The summed E-state index contributed by atoms with van der Waals surface area (Å²) >= 11 is 1.62. The largest absolute Gasteiger partial charge is 0.468 e. The van der Waals surface area contributed by atoms with E-state index in [0.717, 1.165) is 40.8 Å². The molecule has 3 aromatic rings. The second-order valence-electron chi connectivity index (χ2n) is 8.88. The molecule has 0 amide bonds. The lowest BCUT2D eigenvalue weighted by Crippen LogP contribution is -2.35. The minimum absolute atomic E-state index is 0.0771. The normalized spacial score (nSPS) is 16.8. The average Bonchev–Trinajstić information content (AvgIpc) is 3.39. The molecule has 178 valence electrons. The standard InChI is InChI=1S/C24H31N3O5S/c1-3-5-21(29)32-14-16(28)11-27(12-17-6-4-9-31-17)13-20-25-23(30)22-18-8-7-15(2)10-19(18)33-24(22)26-20/h4,6,9,15-16,28H,3,5,7-8,10-14H2,1-2H3,(H,25,26,30)/t15-,16+/m1/s1. The zero-order valence-corrected chi connectivity index (χ0v) is 20.0. The molecule has 9 heteroatoms. The van der Waals surface area contributed by atoms with E-state index in [4.69, 9.17) is 14.1 Å². The molecule has 0 saturated carbocycles. The van der Waals surface area contributed by atoms with E-state index in [1.54, 1.807) is 23.7 Å². The molecule has 0 aliphatic heterocycles. The van der Waals surface area contributed by atoms with E-state index >= 15 is 0 Å². The second kappa shape index (κ2) is 10.6. The molecule has 0 saturated heterocycles. The summed E-state index contributed by atoms with van der Waals surface area (Å²) in [6, 6.07) is 3.66. The van der Waals surface area contributed by atoms with Gasteiger partial charge in [-0.05, 0) is 49.3 Å². The van der Waals surface area contributed by atoms with Crippen LogP contribution in [0.2, 0.25) is 0 Å². The van der Waals surface area contributed by atoms with E-state index < -0.39 is 6.10 Å². The van der Waals surface area contributed by atoms with Crippen LogP contribution in [0.1, 0.15) is 55.1 Å². The fraction of sp³-hybridized carbons (Fsp3) is 0.542. The van der Waals surface area contributed by atoms with Crippen LogP contribution in [0.3, 0.4) is 0 Å². The number of hydrogen-bond donors (Lipinski definition) is 2. The summed E-state index contributed by atoms with van der Waals surface area (Å²) in [4.78, 5) is 36.3. The number of aromatic amines is 1. The Bertz CT molecular complexity index is 1140. The summed E-state index contributed by atoms with van der Waals surface area (Å²) < 4.78 is 10.6. The van der Waals surface area contributed by atoms with Gasteiger partial charge in [0.15, 0.2) is 0 Å². The fourth-order valence-corrected chi connectivity index (χ4v) is 5.71. The molecule has 0 spiro atoms. The number of hydrogen-bond acceptors (Lipinski definition) is 8. The second-order valence-corrected chi connectivity index (χ2v) is 9.96. The van der Waals surface area contributed by atoms with Gasteiger partial charge in [0.2, 0.25) is 0 Å². The number of rotatable bonds is 10. The predicted octanol–water partition coefficient (Wildman–Crippen LogP) is 3.41. The Morgan fingerprint density at radius 3 is 3.06 bits per heavy atom. The lowest BCUT2D eigenvalue weighted by atomic mass is 9.89. The molecular formula is C24H31N3O5S. The first-order chi connectivity index (χ1) is 15.9. The fourth-order valence-electron chi connectivity index (χ4n) is 4.30. The van der Waals surface area contributed by atoms with Crippen molar-refractivity contribution in [2.45, 2.75) is 65.1 Å². The maximum atomic E-state index is 12.9. The van der Waals surface area contributed by atoms with Gasteiger partial charge in [-0.25, -0.2) is 4.98 Å². The summed E-state index contributed by atoms with van der Waals surface area (Å²) in [7, 11) is 0. The minimum Gasteiger partial charge on any atom is -0.468 e. The molecule has 0 radical (unpaired) electrons. The third kappa shape index (κ3) is 5.90. The molecule has 2 N–H and O–H groups in total. The molecule has 0 aromatic carbocycles. The Kier molecular flexibility index (Phi) is 7.62. The van der Waals surface area contributed by atoms with Crippen LogP contribution in [0.15, 0.2) is 27.6 Å². The molecule has 0 fully saturated rings. The van der Waals surface area contributed by atoms with E-state index in [1.165, 1.54) is 4.88 Å². The van der Waals surface area contributed by atoms with Crippen molar-refractivity contribution in [3.8, 4) is 0 Å². The molecule has 2 atom stereocenters. The highest BCUT2D eigenvalue weighted by Crippen LogP contribution is 2.35. The van der Waals surface area contributed by atoms with Crippen molar-refractivity contribution in [1.29, 1.82) is 0 Å². The number of thiophene rings is 1. The molecule has 0 unspecified atom stereocenters. The summed E-state index contributed by atoms with van der Waals surface area (Å²) in [6.45, 7) is 5.05. The van der Waals surface area contributed by atoms with Crippen LogP contribution in [0, 0.1) is 5.92 Å². The van der Waals surface area contributed by atoms with Crippen molar-refractivity contribution < 1.29 is 19.1 Å². The first-order valence-corrected chi connectivity index (χ1v) is 12.4. The maximum Gasteiger partial charge on any atom is 0.305 e. The number of carbonyl (C=O) groups excluding carboxylic acids is 1. The highest BCUT2D eigenvalue weighted by Gasteiger charge is 2.24. The van der Waals surface area contributed by atoms with Crippen LogP contribution in [-0.4, -0.2) is 45.2 Å². The van der Waals surface area contributed by atoms with Gasteiger partial charge < -0.3 is 19.2 Å². The van der Waals surface area contributed by atoms with Gasteiger partial charge in [-0.2, -0.15) is 0 Å². The van der Waals surface area contributed by atoms with Crippen molar-refractivity contribution >= 4 is 27.5 Å². The average molecular weight is 474 g/mol. The number of aliphatic hydroxyl groups excluding tert-OH is 1. The number of aryl methyl sites for hydroxylation is 1. The van der Waals surface area contributed by atoms with E-state index in [2.05, 4.69) is 11.9 Å². The number of nitrogens with zero attached hydrogens (tertiary/aromatic N) is 2. The van der Waals surface area contributed by atoms with Crippen LogP contribution in [0.5, 0.6) is 0 Å². The van der Waals surface area contributed by atoms with Crippen molar-refractivity contribution in [2.75, 3.05) is 13.2 Å². The maximum absolute atomic E-state index is 12.9. The smallest absolute Gasteiger partial charge is 0.305 e. The minimum atomic E-state index is -0.869. The number of carbonyl (C=O) groups is 1. The Hall–Kier alpha value is -2.49. The summed E-state index contributed by atoms with van der Waals surface area (Å²) in [5.41, 5.74) is 1.05. The molecule has 1 aliphatic rings. The van der Waals surface area contributed by atoms with Gasteiger partial charge in [-0.3, -0.25) is 14.5 Å². The molecule has 8 nitrogen and oxygen atoms in total. The molecule has 4 rings (SSSR count). The van der Waals surface area contributed by atoms with Crippen molar-refractivity contribution in [1.82, 2.24) is 14.9 Å². The third-order valence-electron chi connectivity index (χ3n) is 5.91. The zero-order chi connectivity index (χ0) is 23.4. The topological polar surface area (TPSA) is 109 Å². The van der Waals surface area contributed by atoms with E-state index in [1.807, 2.05) is 17.9 Å².